The topological polar surface area (TPSA) is 387 Å². The fourth-order valence-electron chi connectivity index (χ4n) is 12.6. The number of aromatic nitrogens is 8. The molecule has 25 nitrogen and oxygen atoms in total. The van der Waals surface area contributed by atoms with Crippen molar-refractivity contribution in [2.45, 2.75) is 132 Å². The highest BCUT2D eigenvalue weighted by Gasteiger charge is 2.35. The van der Waals surface area contributed by atoms with Crippen molar-refractivity contribution < 1.29 is 0 Å². The Labute approximate surface area is 645 Å². The molecule has 0 amide bonds. The Morgan fingerprint density at radius 3 is 0.895 bits per heavy atom. The molecule has 8 heterocycles. The highest BCUT2D eigenvalue weighted by atomic mass is 79.9. The molecule has 4 aromatic heterocycles. The first kappa shape index (κ1) is 81.7. The summed E-state index contributed by atoms with van der Waals surface area (Å²) in [7, 11) is 7.01. The lowest BCUT2D eigenvalue weighted by atomic mass is 9.81. The summed E-state index contributed by atoms with van der Waals surface area (Å²) in [5, 5.41) is 0.475. The van der Waals surface area contributed by atoms with E-state index in [4.69, 9.17) is 63.2 Å². The van der Waals surface area contributed by atoms with E-state index in [0.717, 1.165) is 134 Å². The van der Waals surface area contributed by atoms with Crippen LogP contribution in [0, 0.1) is 35.5 Å². The van der Waals surface area contributed by atoms with Crippen LogP contribution in [0.25, 0.3) is 0 Å². The predicted octanol–water partition coefficient (Wildman–Crippen LogP) is 9.93. The predicted molar refractivity (Wildman–Crippen MR) is 439 cm³/mol. The molecule has 4 saturated heterocycles. The number of nitrogen functional groups attached to an aromatic ring is 5. The summed E-state index contributed by atoms with van der Waals surface area (Å²) in [6.07, 6.45) is 7.81. The van der Waals surface area contributed by atoms with E-state index in [9.17, 15) is 19.2 Å². The third kappa shape index (κ3) is 19.5. The first-order chi connectivity index (χ1) is 49.8. The molecule has 0 spiro atoms. The van der Waals surface area contributed by atoms with Gasteiger partial charge in [0.1, 0.15) is 42.9 Å². The second kappa shape index (κ2) is 35.1. The van der Waals surface area contributed by atoms with Crippen LogP contribution in [0.5, 0.6) is 0 Å². The monoisotopic (exact) mass is 1590 g/mol. The Morgan fingerprint density at radius 1 is 0.390 bits per heavy atom. The van der Waals surface area contributed by atoms with Crippen molar-refractivity contribution in [1.29, 1.82) is 0 Å². The Kier molecular flexibility index (Phi) is 27.3. The Balaban J connectivity index is 0.000000162. The lowest BCUT2D eigenvalue weighted by Gasteiger charge is -2.39. The fourth-order valence-corrected chi connectivity index (χ4v) is 17.1. The Morgan fingerprint density at radius 2 is 0.638 bits per heavy atom. The van der Waals surface area contributed by atoms with Gasteiger partial charge in [-0.3, -0.25) is 37.4 Å². The van der Waals surface area contributed by atoms with Crippen LogP contribution in [-0.2, 0) is 28.2 Å². The SMILES string of the molecule is Cc1ccccc1Sc1c(N)nc(N2CCC(C)(CN)CC2)n(C)c1=O.Cc1ccccc1Sc1c(N)nc(N2CCC(C)(CN)CC2)n(C)c1=O.Cn1c(N2CCC(C)(CN)CC2)nc(N)c(Sc2ccc(N)cc2Cl)c1=O.Cn1c(N2CCC(C)(CN)CC2)nc(N)c(Sc2ccccc2Br)c1=O. The summed E-state index contributed by atoms with van der Waals surface area (Å²) in [6.45, 7) is 22.1. The Hall–Kier alpha value is -7.39. The number of benzene rings is 4. The van der Waals surface area contributed by atoms with Gasteiger partial charge in [-0.05, 0) is 183 Å². The molecule has 0 saturated carbocycles. The average molecular weight is 1590 g/mol. The van der Waals surface area contributed by atoms with Gasteiger partial charge in [0.25, 0.3) is 22.2 Å². The summed E-state index contributed by atoms with van der Waals surface area (Å²) in [5.41, 5.74) is 56.9. The molecule has 4 aliphatic heterocycles. The lowest BCUT2D eigenvalue weighted by Crippen LogP contribution is -2.44. The number of piperidine rings is 4. The minimum atomic E-state index is -0.192. The van der Waals surface area contributed by atoms with E-state index in [1.165, 1.54) is 47.0 Å². The van der Waals surface area contributed by atoms with Crippen LogP contribution in [0.3, 0.4) is 0 Å². The quantitative estimate of drug-likeness (QED) is 0.0406. The lowest BCUT2D eigenvalue weighted by molar-refractivity contribution is 0.256. The standard InChI is InChI=1S/2C19H27N5OS.C18H24BrN5OS.C18H25ClN6OS/c2*1-13-6-4-5-7-14(13)26-15-16(21)22-18(23(3)17(15)25)24-10-8-19(2,12-20)9-11-24;1-18(11-20)7-9-24(10-8-18)17-22-15(21)14(16(25)23(17)2)26-13-6-4-3-5-12(13)19;1-18(10-20)5-7-25(8-6-18)17-23-15(22)14(16(26)24(17)2)27-13-4-3-11(21)9-12(13)19/h2*4-7H,8-12,20-21H2,1-3H3;3-6H,7-11,20-21H2,1-2H3;3-4,9H,5-8,10,20-22H2,1-2H3. The molecule has 0 atom stereocenters. The minimum Gasteiger partial charge on any atom is -0.399 e. The van der Waals surface area contributed by atoms with Gasteiger partial charge in [0.15, 0.2) is 0 Å². The molecule has 31 heteroatoms. The molecule has 0 unspecified atom stereocenters. The number of hydrogen-bond donors (Lipinski definition) is 9. The molecule has 8 aromatic rings. The fraction of sp³-hybridized carbons (Fsp3) is 0.459. The molecule has 4 aliphatic rings. The summed E-state index contributed by atoms with van der Waals surface area (Å²) in [6, 6.07) is 28.8. The van der Waals surface area contributed by atoms with Gasteiger partial charge in [-0.25, -0.2) is 0 Å². The first-order valence-corrected chi connectivity index (χ1v) is 39.6. The van der Waals surface area contributed by atoms with Gasteiger partial charge in [-0.1, -0.05) is 135 Å². The van der Waals surface area contributed by atoms with Crippen LogP contribution in [-0.4, -0.2) is 117 Å². The second-order valence-corrected chi connectivity index (χ2v) is 34.5. The maximum absolute atomic E-state index is 12.9. The molecular formula is C74H103BrClN21O4S4. The van der Waals surface area contributed by atoms with Crippen LogP contribution < -0.4 is 93.4 Å². The van der Waals surface area contributed by atoms with E-state index >= 15 is 0 Å². The van der Waals surface area contributed by atoms with Crippen molar-refractivity contribution in [3.63, 3.8) is 0 Å². The van der Waals surface area contributed by atoms with Gasteiger partial charge < -0.3 is 71.2 Å². The van der Waals surface area contributed by atoms with Crippen molar-refractivity contribution >= 4 is 127 Å². The van der Waals surface area contributed by atoms with E-state index in [-0.39, 0.29) is 55.5 Å². The molecular weight excluding hydrogens is 1490 g/mol. The number of nitrogens with zero attached hydrogens (tertiary/aromatic N) is 12. The van der Waals surface area contributed by atoms with Gasteiger partial charge in [0, 0.05) is 110 Å². The van der Waals surface area contributed by atoms with E-state index in [1.807, 2.05) is 86.6 Å². The third-order valence-electron chi connectivity index (χ3n) is 20.8. The number of aryl methyl sites for hydroxylation is 2. The van der Waals surface area contributed by atoms with Crippen LogP contribution in [0.1, 0.15) is 90.2 Å². The highest BCUT2D eigenvalue weighted by Crippen LogP contribution is 2.41. The smallest absolute Gasteiger partial charge is 0.270 e. The van der Waals surface area contributed by atoms with Gasteiger partial charge in [-0.15, -0.1) is 0 Å². The summed E-state index contributed by atoms with van der Waals surface area (Å²) < 4.78 is 7.30. The van der Waals surface area contributed by atoms with Crippen LogP contribution >= 0.6 is 74.6 Å². The van der Waals surface area contributed by atoms with E-state index in [1.54, 1.807) is 64.7 Å². The van der Waals surface area contributed by atoms with Crippen molar-refractivity contribution in [3.8, 4) is 0 Å². The molecule has 0 bridgehead atoms. The third-order valence-corrected chi connectivity index (χ3v) is 27.1. The van der Waals surface area contributed by atoms with E-state index in [2.05, 4.69) is 83.2 Å². The van der Waals surface area contributed by atoms with Gasteiger partial charge >= 0.3 is 0 Å². The first-order valence-electron chi connectivity index (χ1n) is 35.2. The molecule has 4 aromatic carbocycles. The average Bonchev–Trinajstić information content (AvgIpc) is 0.800. The number of rotatable bonds is 16. The molecule has 12 rings (SSSR count). The number of halogens is 2. The summed E-state index contributed by atoms with van der Waals surface area (Å²) in [4.78, 5) is 83.9. The Bertz CT molecular complexity index is 4300. The molecule has 18 N–H and O–H groups in total. The molecule has 4 fully saturated rings. The van der Waals surface area contributed by atoms with E-state index < -0.39 is 0 Å². The van der Waals surface area contributed by atoms with Crippen molar-refractivity contribution in [2.75, 3.05) is 127 Å². The van der Waals surface area contributed by atoms with Crippen molar-refractivity contribution in [2.24, 2.45) is 72.8 Å². The minimum absolute atomic E-state index is 0.104. The molecule has 566 valence electrons. The molecule has 0 aliphatic carbocycles. The second-order valence-electron chi connectivity index (χ2n) is 29.0. The molecule has 0 radical (unpaired) electrons. The zero-order chi connectivity index (χ0) is 76.5. The zero-order valence-electron chi connectivity index (χ0n) is 61.9. The number of anilines is 9. The van der Waals surface area contributed by atoms with Crippen LogP contribution in [0.15, 0.2) is 154 Å². The van der Waals surface area contributed by atoms with Crippen LogP contribution in [0.4, 0.5) is 52.8 Å². The van der Waals surface area contributed by atoms with Gasteiger partial charge in [-0.2, -0.15) is 19.9 Å². The van der Waals surface area contributed by atoms with Crippen LogP contribution in [0.2, 0.25) is 5.02 Å². The maximum Gasteiger partial charge on any atom is 0.270 e. The van der Waals surface area contributed by atoms with Gasteiger partial charge in [0.2, 0.25) is 23.8 Å². The zero-order valence-corrected chi connectivity index (χ0v) is 67.5. The summed E-state index contributed by atoms with van der Waals surface area (Å²) >= 11 is 15.0. The van der Waals surface area contributed by atoms with Crippen molar-refractivity contribution in [3.05, 3.63) is 153 Å². The maximum atomic E-state index is 12.9. The highest BCUT2D eigenvalue weighted by molar-refractivity contribution is 9.10. The largest absolute Gasteiger partial charge is 0.399 e. The molecule has 105 heavy (non-hydrogen) atoms. The van der Waals surface area contributed by atoms with Crippen molar-refractivity contribution in [1.82, 2.24) is 38.2 Å². The van der Waals surface area contributed by atoms with Gasteiger partial charge in [0.05, 0.1) is 5.02 Å². The number of hydrogen-bond acceptors (Lipinski definition) is 25. The normalized spacial score (nSPS) is 16.6. The van der Waals surface area contributed by atoms with E-state index in [0.29, 0.717) is 96.8 Å². The summed E-state index contributed by atoms with van der Waals surface area (Å²) in [5.74, 6) is 3.56. The number of nitrogens with two attached hydrogens (primary N) is 9.